The van der Waals surface area contributed by atoms with E-state index in [0.717, 1.165) is 0 Å². The highest BCUT2D eigenvalue weighted by atomic mass is 19.1. The Morgan fingerprint density at radius 1 is 1.60 bits per heavy atom. The largest absolute Gasteiger partial charge is 0.390 e. The lowest BCUT2D eigenvalue weighted by atomic mass is 10.3. The van der Waals surface area contributed by atoms with Crippen LogP contribution in [-0.4, -0.2) is 10.1 Å². The van der Waals surface area contributed by atoms with Gasteiger partial charge in [-0.15, -0.1) is 0 Å². The van der Waals surface area contributed by atoms with Gasteiger partial charge in [0.25, 0.3) is 0 Å². The molecule has 1 rings (SSSR count). The van der Waals surface area contributed by atoms with Crippen molar-refractivity contribution in [3.05, 3.63) is 29.3 Å². The van der Waals surface area contributed by atoms with Gasteiger partial charge in [0.1, 0.15) is 0 Å². The molecule has 0 radical (unpaired) electrons. The van der Waals surface area contributed by atoms with Crippen LogP contribution >= 0.6 is 0 Å². The minimum absolute atomic E-state index is 0.211. The average molecular weight is 141 g/mol. The van der Waals surface area contributed by atoms with E-state index in [1.54, 1.807) is 19.1 Å². The van der Waals surface area contributed by atoms with Gasteiger partial charge in [0.2, 0.25) is 5.95 Å². The molecular weight excluding hydrogens is 133 g/mol. The number of aliphatic hydroxyl groups excluding tert-OH is 1. The molecule has 0 fully saturated rings. The van der Waals surface area contributed by atoms with Gasteiger partial charge >= 0.3 is 0 Å². The van der Waals surface area contributed by atoms with Gasteiger partial charge in [-0.05, 0) is 13.0 Å². The van der Waals surface area contributed by atoms with Gasteiger partial charge in [0.05, 0.1) is 12.3 Å². The lowest BCUT2D eigenvalue weighted by Gasteiger charge is -1.96. The molecular formula is C7H8FNO. The van der Waals surface area contributed by atoms with E-state index in [9.17, 15) is 4.39 Å². The van der Waals surface area contributed by atoms with Crippen molar-refractivity contribution >= 4 is 0 Å². The standard InChI is InChI=1S/C7H8FNO/c1-5-2-3-6(4-10)9-7(5)8/h2-3,10H,4H2,1H3. The summed E-state index contributed by atoms with van der Waals surface area (Å²) in [6, 6.07) is 3.19. The quantitative estimate of drug-likeness (QED) is 0.592. The van der Waals surface area contributed by atoms with Crippen LogP contribution in [0.5, 0.6) is 0 Å². The lowest BCUT2D eigenvalue weighted by Crippen LogP contribution is -1.94. The lowest BCUT2D eigenvalue weighted by molar-refractivity contribution is 0.275. The van der Waals surface area contributed by atoms with Crippen LogP contribution in [0.4, 0.5) is 4.39 Å². The molecule has 0 aliphatic carbocycles. The molecule has 0 saturated carbocycles. The Morgan fingerprint density at radius 2 is 2.30 bits per heavy atom. The molecule has 0 spiro atoms. The summed E-state index contributed by atoms with van der Waals surface area (Å²) >= 11 is 0. The third kappa shape index (κ3) is 1.30. The van der Waals surface area contributed by atoms with E-state index in [0.29, 0.717) is 11.3 Å². The van der Waals surface area contributed by atoms with Crippen molar-refractivity contribution in [2.45, 2.75) is 13.5 Å². The number of halogens is 1. The van der Waals surface area contributed by atoms with Crippen LogP contribution < -0.4 is 0 Å². The van der Waals surface area contributed by atoms with Crippen LogP contribution in [0.2, 0.25) is 0 Å². The first-order valence-corrected chi connectivity index (χ1v) is 2.97. The van der Waals surface area contributed by atoms with Crippen LogP contribution in [0, 0.1) is 12.9 Å². The van der Waals surface area contributed by atoms with E-state index in [1.807, 2.05) is 0 Å². The number of nitrogens with zero attached hydrogens (tertiary/aromatic N) is 1. The molecule has 0 unspecified atom stereocenters. The van der Waals surface area contributed by atoms with E-state index in [4.69, 9.17) is 5.11 Å². The number of aromatic nitrogens is 1. The summed E-state index contributed by atoms with van der Waals surface area (Å²) in [7, 11) is 0. The van der Waals surface area contributed by atoms with Crippen molar-refractivity contribution in [1.29, 1.82) is 0 Å². The Balaban J connectivity index is 3.04. The number of rotatable bonds is 1. The van der Waals surface area contributed by atoms with Gasteiger partial charge < -0.3 is 5.11 Å². The summed E-state index contributed by atoms with van der Waals surface area (Å²) in [5, 5.41) is 8.52. The SMILES string of the molecule is Cc1ccc(CO)nc1F. The van der Waals surface area contributed by atoms with E-state index in [-0.39, 0.29) is 6.61 Å². The first kappa shape index (κ1) is 7.15. The summed E-state index contributed by atoms with van der Waals surface area (Å²) in [6.45, 7) is 1.42. The van der Waals surface area contributed by atoms with E-state index in [1.165, 1.54) is 0 Å². The second-order valence-electron chi connectivity index (χ2n) is 2.07. The van der Waals surface area contributed by atoms with Crippen molar-refractivity contribution in [3.63, 3.8) is 0 Å². The van der Waals surface area contributed by atoms with E-state index in [2.05, 4.69) is 4.98 Å². The molecule has 1 aromatic rings. The Hall–Kier alpha value is -0.960. The number of aryl methyl sites for hydroxylation is 1. The van der Waals surface area contributed by atoms with Crippen LogP contribution in [0.3, 0.4) is 0 Å². The molecule has 0 atom stereocenters. The molecule has 1 N–H and O–H groups in total. The van der Waals surface area contributed by atoms with Gasteiger partial charge in [-0.25, -0.2) is 4.98 Å². The van der Waals surface area contributed by atoms with Crippen LogP contribution in [-0.2, 0) is 6.61 Å². The topological polar surface area (TPSA) is 33.1 Å². The highest BCUT2D eigenvalue weighted by molar-refractivity contribution is 5.13. The fourth-order valence-corrected chi connectivity index (χ4v) is 0.630. The second-order valence-corrected chi connectivity index (χ2v) is 2.07. The van der Waals surface area contributed by atoms with Crippen molar-refractivity contribution in [1.82, 2.24) is 4.98 Å². The Morgan fingerprint density at radius 3 is 2.80 bits per heavy atom. The van der Waals surface area contributed by atoms with Crippen molar-refractivity contribution in [2.24, 2.45) is 0 Å². The van der Waals surface area contributed by atoms with E-state index >= 15 is 0 Å². The monoisotopic (exact) mass is 141 g/mol. The predicted octanol–water partition coefficient (Wildman–Crippen LogP) is 1.02. The maximum atomic E-state index is 12.5. The number of pyridine rings is 1. The fraction of sp³-hybridized carbons (Fsp3) is 0.286. The highest BCUT2D eigenvalue weighted by Gasteiger charge is 1.98. The van der Waals surface area contributed by atoms with Gasteiger partial charge in [0, 0.05) is 5.56 Å². The van der Waals surface area contributed by atoms with Crippen molar-refractivity contribution in [3.8, 4) is 0 Å². The Labute approximate surface area is 58.3 Å². The molecule has 0 aromatic carbocycles. The van der Waals surface area contributed by atoms with E-state index < -0.39 is 5.95 Å². The number of hydrogen-bond donors (Lipinski definition) is 1. The molecule has 0 aliphatic rings. The zero-order valence-electron chi connectivity index (χ0n) is 5.63. The smallest absolute Gasteiger partial charge is 0.216 e. The third-order valence-electron chi connectivity index (χ3n) is 1.25. The molecule has 54 valence electrons. The first-order chi connectivity index (χ1) is 4.74. The molecule has 1 aromatic heterocycles. The van der Waals surface area contributed by atoms with Crippen LogP contribution in [0.25, 0.3) is 0 Å². The maximum absolute atomic E-state index is 12.5. The second kappa shape index (κ2) is 2.75. The summed E-state index contributed by atoms with van der Waals surface area (Å²) in [4.78, 5) is 3.47. The van der Waals surface area contributed by atoms with Crippen molar-refractivity contribution < 1.29 is 9.50 Å². The summed E-state index contributed by atoms with van der Waals surface area (Å²) in [6.07, 6.45) is 0. The van der Waals surface area contributed by atoms with Crippen molar-refractivity contribution in [2.75, 3.05) is 0 Å². The maximum Gasteiger partial charge on any atom is 0.216 e. The average Bonchev–Trinajstić information content (AvgIpc) is 1.95. The minimum atomic E-state index is -0.508. The third-order valence-corrected chi connectivity index (χ3v) is 1.25. The molecule has 0 bridgehead atoms. The first-order valence-electron chi connectivity index (χ1n) is 2.97. The Bertz CT molecular complexity index is 237. The Kier molecular flexibility index (Phi) is 1.97. The molecule has 0 saturated heterocycles. The van der Waals surface area contributed by atoms with Gasteiger partial charge in [-0.2, -0.15) is 4.39 Å². The molecule has 3 heteroatoms. The summed E-state index contributed by atoms with van der Waals surface area (Å²) in [5.41, 5.74) is 0.861. The zero-order valence-corrected chi connectivity index (χ0v) is 5.63. The minimum Gasteiger partial charge on any atom is -0.390 e. The molecule has 0 aliphatic heterocycles. The van der Waals surface area contributed by atoms with Gasteiger partial charge in [0.15, 0.2) is 0 Å². The van der Waals surface area contributed by atoms with Gasteiger partial charge in [-0.3, -0.25) is 0 Å². The normalized spacial score (nSPS) is 9.90. The predicted molar refractivity (Wildman–Crippen MR) is 34.9 cm³/mol. The zero-order chi connectivity index (χ0) is 7.56. The molecule has 2 nitrogen and oxygen atoms in total. The number of aliphatic hydroxyl groups is 1. The molecule has 10 heavy (non-hydrogen) atoms. The number of hydrogen-bond acceptors (Lipinski definition) is 2. The highest BCUT2D eigenvalue weighted by Crippen LogP contribution is 2.03. The molecule has 1 heterocycles. The summed E-state index contributed by atoms with van der Waals surface area (Å²) < 4.78 is 12.5. The molecule has 0 amide bonds. The fourth-order valence-electron chi connectivity index (χ4n) is 0.630. The van der Waals surface area contributed by atoms with Crippen LogP contribution in [0.1, 0.15) is 11.3 Å². The summed E-state index contributed by atoms with van der Waals surface area (Å²) in [5.74, 6) is -0.508. The van der Waals surface area contributed by atoms with Gasteiger partial charge in [-0.1, -0.05) is 6.07 Å². The van der Waals surface area contributed by atoms with Crippen LogP contribution in [0.15, 0.2) is 12.1 Å².